The minimum atomic E-state index is -3.75. The van der Waals surface area contributed by atoms with Crippen molar-refractivity contribution in [3.8, 4) is 0 Å². The van der Waals surface area contributed by atoms with E-state index >= 15 is 0 Å². The lowest BCUT2D eigenvalue weighted by molar-refractivity contribution is 0.0779. The zero-order valence-corrected chi connectivity index (χ0v) is 27.2. The summed E-state index contributed by atoms with van der Waals surface area (Å²) in [5, 5.41) is 25.3. The lowest BCUT2D eigenvalue weighted by atomic mass is 10.00. The number of aliphatic hydroxyl groups excluding tert-OH is 1. The van der Waals surface area contributed by atoms with Crippen molar-refractivity contribution in [1.29, 1.82) is 0 Å². The van der Waals surface area contributed by atoms with E-state index in [-0.39, 0.29) is 35.7 Å². The molecule has 0 spiro atoms. The number of carbonyl (C=O) groups excluding carboxylic acids is 2. The van der Waals surface area contributed by atoms with E-state index < -0.39 is 45.8 Å². The van der Waals surface area contributed by atoms with Crippen LogP contribution in [0.3, 0.4) is 0 Å². The summed E-state index contributed by atoms with van der Waals surface area (Å²) in [4.78, 5) is 27.2. The zero-order valence-electron chi connectivity index (χ0n) is 26.4. The molecule has 0 radical (unpaired) electrons. The summed E-state index contributed by atoms with van der Waals surface area (Å²) in [5.74, 6) is -1.45. The summed E-state index contributed by atoms with van der Waals surface area (Å²) < 4.78 is 40.7. The molecule has 4 rings (SSSR count). The van der Waals surface area contributed by atoms with E-state index in [4.69, 9.17) is 0 Å². The van der Waals surface area contributed by atoms with Crippen LogP contribution in [-0.4, -0.2) is 65.8 Å². The summed E-state index contributed by atoms with van der Waals surface area (Å²) in [7, 11) is -2.43. The molecule has 0 saturated heterocycles. The largest absolute Gasteiger partial charge is 0.389 e. The summed E-state index contributed by atoms with van der Waals surface area (Å²) in [6.07, 6.45) is 1.96. The number of aliphatic hydroxyl groups is 1. The van der Waals surface area contributed by atoms with Gasteiger partial charge in [0, 0.05) is 24.4 Å². The van der Waals surface area contributed by atoms with Gasteiger partial charge in [-0.1, -0.05) is 61.5 Å². The van der Waals surface area contributed by atoms with Crippen molar-refractivity contribution in [1.82, 2.24) is 25.6 Å². The average Bonchev–Trinajstić information content (AvgIpc) is 3.49. The Balaban J connectivity index is 1.64. The van der Waals surface area contributed by atoms with Gasteiger partial charge >= 0.3 is 0 Å². The fraction of sp³-hybridized carbons (Fsp3) is 0.333. The maximum absolute atomic E-state index is 13.8. The van der Waals surface area contributed by atoms with Crippen molar-refractivity contribution in [3.05, 3.63) is 113 Å². The molecule has 3 atom stereocenters. The lowest BCUT2D eigenvalue weighted by Crippen LogP contribution is -2.46. The molecule has 1 heterocycles. The van der Waals surface area contributed by atoms with Crippen molar-refractivity contribution >= 4 is 27.5 Å². The first-order valence-electron chi connectivity index (χ1n) is 14.8. The van der Waals surface area contributed by atoms with E-state index in [0.29, 0.717) is 5.56 Å². The van der Waals surface area contributed by atoms with Gasteiger partial charge in [-0.15, -0.1) is 5.10 Å². The summed E-state index contributed by atoms with van der Waals surface area (Å²) in [6.45, 7) is 5.75. The Morgan fingerprint density at radius 1 is 0.957 bits per heavy atom. The number of hydrogen-bond acceptors (Lipinski definition) is 7. The number of rotatable bonds is 13. The van der Waals surface area contributed by atoms with Gasteiger partial charge in [0.15, 0.2) is 0 Å². The molecule has 46 heavy (non-hydrogen) atoms. The number of halogens is 1. The molecule has 244 valence electrons. The predicted octanol–water partition coefficient (Wildman–Crippen LogP) is 3.83. The summed E-state index contributed by atoms with van der Waals surface area (Å²) in [5.41, 5.74) is 2.44. The molecule has 13 heteroatoms. The van der Waals surface area contributed by atoms with Gasteiger partial charge in [-0.2, -0.15) is 0 Å². The molecule has 3 aromatic carbocycles. The second-order valence-corrected chi connectivity index (χ2v) is 13.6. The van der Waals surface area contributed by atoms with Crippen LogP contribution in [0.4, 0.5) is 10.1 Å². The molecule has 1 aromatic heterocycles. The highest BCUT2D eigenvalue weighted by Crippen LogP contribution is 2.23. The van der Waals surface area contributed by atoms with Crippen molar-refractivity contribution in [2.45, 2.75) is 57.8 Å². The summed E-state index contributed by atoms with van der Waals surface area (Å²) in [6, 6.07) is 17.8. The lowest BCUT2D eigenvalue weighted by Gasteiger charge is -2.25. The van der Waals surface area contributed by atoms with Crippen LogP contribution in [-0.2, 0) is 23.0 Å². The van der Waals surface area contributed by atoms with Crippen LogP contribution in [0.15, 0.2) is 79.0 Å². The maximum Gasteiger partial charge on any atom is 0.251 e. The average molecular weight is 651 g/mol. The first kappa shape index (κ1) is 34.3. The molecule has 0 unspecified atom stereocenters. The van der Waals surface area contributed by atoms with Crippen LogP contribution in [0.25, 0.3) is 0 Å². The van der Waals surface area contributed by atoms with Gasteiger partial charge in [0.05, 0.1) is 42.4 Å². The zero-order chi connectivity index (χ0) is 33.6. The molecule has 0 saturated carbocycles. The topological polar surface area (TPSA) is 147 Å². The first-order valence-corrected chi connectivity index (χ1v) is 16.6. The number of carbonyl (C=O) groups is 2. The fourth-order valence-corrected chi connectivity index (χ4v) is 5.24. The van der Waals surface area contributed by atoms with Gasteiger partial charge in [-0.05, 0) is 60.7 Å². The van der Waals surface area contributed by atoms with E-state index in [9.17, 15) is 27.5 Å². The molecule has 11 nitrogen and oxygen atoms in total. The molecule has 0 aliphatic heterocycles. The van der Waals surface area contributed by atoms with Crippen LogP contribution in [0.1, 0.15) is 70.3 Å². The number of anilines is 1. The van der Waals surface area contributed by atoms with Crippen molar-refractivity contribution in [2.24, 2.45) is 0 Å². The normalized spacial score (nSPS) is 13.6. The van der Waals surface area contributed by atoms with Gasteiger partial charge in [0.2, 0.25) is 10.0 Å². The number of hydrogen-bond donors (Lipinski definition) is 3. The van der Waals surface area contributed by atoms with Crippen LogP contribution in [0.2, 0.25) is 0 Å². The Morgan fingerprint density at radius 2 is 1.57 bits per heavy atom. The first-order chi connectivity index (χ1) is 21.7. The molecule has 2 amide bonds. The Hall–Kier alpha value is -4.62. The third-order valence-electron chi connectivity index (χ3n) is 7.62. The number of aromatic nitrogens is 3. The molecule has 0 aliphatic rings. The fourth-order valence-electron chi connectivity index (χ4n) is 4.75. The Morgan fingerprint density at radius 3 is 2.13 bits per heavy atom. The number of nitrogens with zero attached hydrogens (tertiary/aromatic N) is 4. The quantitative estimate of drug-likeness (QED) is 0.199. The van der Waals surface area contributed by atoms with Crippen molar-refractivity contribution in [3.63, 3.8) is 0 Å². The van der Waals surface area contributed by atoms with Gasteiger partial charge < -0.3 is 15.7 Å². The van der Waals surface area contributed by atoms with Crippen LogP contribution in [0, 0.1) is 5.82 Å². The molecule has 3 N–H and O–H groups in total. The number of sulfonamides is 1. The molecule has 0 bridgehead atoms. The highest BCUT2D eigenvalue weighted by atomic mass is 32.2. The second kappa shape index (κ2) is 14.6. The molecule has 4 aromatic rings. The highest BCUT2D eigenvalue weighted by molar-refractivity contribution is 7.92. The minimum Gasteiger partial charge on any atom is -0.389 e. The van der Waals surface area contributed by atoms with Crippen molar-refractivity contribution < 1.29 is 27.5 Å². The smallest absolute Gasteiger partial charge is 0.251 e. The standard InChI is InChI=1S/C33H39FN6O5S/c1-21(2)30-19-40(38-37-30)20-31(41)29(15-23-9-7-6-8-10-23)36-33(43)26-16-25(17-28(18-26)39(4)46(5,44)45)32(42)35-22(3)24-11-13-27(34)14-12-24/h6-14,16-19,21-22,29,31,41H,15,20H2,1-5H3,(H,35,42)(H,36,43)/t22-,29+,31+/m1/s1. The van der Waals surface area contributed by atoms with Crippen LogP contribution >= 0.6 is 0 Å². The van der Waals surface area contributed by atoms with Gasteiger partial charge in [-0.25, -0.2) is 17.5 Å². The predicted molar refractivity (Wildman–Crippen MR) is 173 cm³/mol. The van der Waals surface area contributed by atoms with E-state index in [1.54, 1.807) is 25.3 Å². The second-order valence-electron chi connectivity index (χ2n) is 11.6. The summed E-state index contributed by atoms with van der Waals surface area (Å²) >= 11 is 0. The number of amides is 2. The minimum absolute atomic E-state index is 0.0145. The SMILES string of the molecule is CC(C)c1cn(C[C@H](O)[C@H](Cc2ccccc2)NC(=O)c2cc(C(=O)N[C@H](C)c3ccc(F)cc3)cc(N(C)S(C)(=O)=O)c2)nn1. The van der Waals surface area contributed by atoms with Gasteiger partial charge in [-0.3, -0.25) is 13.9 Å². The van der Waals surface area contributed by atoms with E-state index in [1.807, 2.05) is 44.2 Å². The third kappa shape index (κ3) is 8.98. The van der Waals surface area contributed by atoms with Crippen LogP contribution in [0.5, 0.6) is 0 Å². The molecular formula is C33H39FN6O5S. The third-order valence-corrected chi connectivity index (χ3v) is 8.83. The maximum atomic E-state index is 13.8. The monoisotopic (exact) mass is 650 g/mol. The Kier molecular flexibility index (Phi) is 10.9. The number of nitrogens with one attached hydrogen (secondary N) is 2. The molecule has 0 aliphatic carbocycles. The number of benzene rings is 3. The van der Waals surface area contributed by atoms with Crippen LogP contribution < -0.4 is 14.9 Å². The van der Waals surface area contributed by atoms with E-state index in [1.165, 1.54) is 42.1 Å². The molecule has 0 fully saturated rings. The Bertz CT molecular complexity index is 1760. The van der Waals surface area contributed by atoms with Crippen molar-refractivity contribution in [2.75, 3.05) is 17.6 Å². The van der Waals surface area contributed by atoms with E-state index in [2.05, 4.69) is 20.9 Å². The van der Waals surface area contributed by atoms with E-state index in [0.717, 1.165) is 21.8 Å². The highest BCUT2D eigenvalue weighted by Gasteiger charge is 2.26. The Labute approximate surface area is 268 Å². The van der Waals surface area contributed by atoms with Gasteiger partial charge in [0.25, 0.3) is 11.8 Å². The molecular weight excluding hydrogens is 611 g/mol. The van der Waals surface area contributed by atoms with Gasteiger partial charge in [0.1, 0.15) is 5.82 Å².